The number of nitrogens with zero attached hydrogens (tertiary/aromatic N) is 3. The Labute approximate surface area is 137 Å². The van der Waals surface area contributed by atoms with Crippen LogP contribution in [0.4, 0.5) is 10.9 Å². The molecular formula is C15H17N5O2S. The summed E-state index contributed by atoms with van der Waals surface area (Å²) in [6.45, 7) is 2.08. The zero-order chi connectivity index (χ0) is 16.2. The van der Waals surface area contributed by atoms with Crippen molar-refractivity contribution in [3.8, 4) is 11.4 Å². The predicted molar refractivity (Wildman–Crippen MR) is 88.9 cm³/mol. The number of hydrogen-bond donors (Lipinski definition) is 3. The van der Waals surface area contributed by atoms with Gasteiger partial charge in [0.25, 0.3) is 0 Å². The maximum atomic E-state index is 10.2. The zero-order valence-electron chi connectivity index (χ0n) is 12.5. The number of nitrogens with two attached hydrogens (primary N) is 1. The summed E-state index contributed by atoms with van der Waals surface area (Å²) in [5, 5.41) is 22.8. The lowest BCUT2D eigenvalue weighted by atomic mass is 9.97. The standard InChI is InChI=1S/C15H17N5O2S/c1-9(10-5-3-2-4-6-10)7-12(21)18-15-17-11(8-23-15)13-14(16)20-22-19-13/h2-6,8-9,12,21H,7H2,1H3,(H2,16,20)(H,17,18). The molecule has 0 saturated carbocycles. The van der Waals surface area contributed by atoms with Crippen LogP contribution in [0.5, 0.6) is 0 Å². The lowest BCUT2D eigenvalue weighted by molar-refractivity contribution is 0.185. The lowest BCUT2D eigenvalue weighted by Gasteiger charge is -2.17. The van der Waals surface area contributed by atoms with Crippen LogP contribution in [0.3, 0.4) is 0 Å². The first kappa shape index (κ1) is 15.4. The molecule has 2 aromatic heterocycles. The van der Waals surface area contributed by atoms with Crippen molar-refractivity contribution in [2.45, 2.75) is 25.5 Å². The number of aromatic nitrogens is 3. The first-order chi connectivity index (χ1) is 11.1. The van der Waals surface area contributed by atoms with Gasteiger partial charge in [-0.1, -0.05) is 37.3 Å². The molecule has 4 N–H and O–H groups in total. The molecule has 8 heteroatoms. The van der Waals surface area contributed by atoms with E-state index in [-0.39, 0.29) is 11.7 Å². The van der Waals surface area contributed by atoms with Crippen LogP contribution >= 0.6 is 11.3 Å². The molecular weight excluding hydrogens is 314 g/mol. The molecule has 3 aromatic rings. The van der Waals surface area contributed by atoms with E-state index < -0.39 is 6.23 Å². The summed E-state index contributed by atoms with van der Waals surface area (Å²) in [7, 11) is 0. The molecule has 120 valence electrons. The second kappa shape index (κ2) is 6.76. The molecule has 0 aliphatic carbocycles. The highest BCUT2D eigenvalue weighted by atomic mass is 32.1. The Balaban J connectivity index is 1.61. The Morgan fingerprint density at radius 1 is 1.30 bits per heavy atom. The number of aliphatic hydroxyl groups excluding tert-OH is 1. The molecule has 2 unspecified atom stereocenters. The number of benzene rings is 1. The predicted octanol–water partition coefficient (Wildman–Crippen LogP) is 2.70. The largest absolute Gasteiger partial charge is 0.379 e. The van der Waals surface area contributed by atoms with E-state index in [1.165, 1.54) is 16.9 Å². The molecule has 1 aromatic carbocycles. The van der Waals surface area contributed by atoms with Crippen molar-refractivity contribution in [2.75, 3.05) is 11.1 Å². The number of hydrogen-bond acceptors (Lipinski definition) is 8. The van der Waals surface area contributed by atoms with Crippen LogP contribution in [0, 0.1) is 0 Å². The van der Waals surface area contributed by atoms with Crippen LogP contribution < -0.4 is 11.1 Å². The second-order valence-corrected chi connectivity index (χ2v) is 6.10. The molecule has 0 aliphatic heterocycles. The number of anilines is 2. The maximum absolute atomic E-state index is 10.2. The van der Waals surface area contributed by atoms with Crippen LogP contribution in [0.15, 0.2) is 40.3 Å². The van der Waals surface area contributed by atoms with E-state index >= 15 is 0 Å². The number of nitrogen functional groups attached to an aromatic ring is 1. The topological polar surface area (TPSA) is 110 Å². The molecule has 0 saturated heterocycles. The van der Waals surface area contributed by atoms with Gasteiger partial charge in [-0.2, -0.15) is 0 Å². The highest BCUT2D eigenvalue weighted by Crippen LogP contribution is 2.28. The average Bonchev–Trinajstić information content (AvgIpc) is 3.16. The van der Waals surface area contributed by atoms with Gasteiger partial charge in [-0.05, 0) is 28.2 Å². The lowest BCUT2D eigenvalue weighted by Crippen LogP contribution is -2.20. The minimum atomic E-state index is -0.697. The van der Waals surface area contributed by atoms with E-state index in [1.807, 2.05) is 18.2 Å². The molecule has 0 fully saturated rings. The van der Waals surface area contributed by atoms with Gasteiger partial charge in [-0.3, -0.25) is 0 Å². The molecule has 0 spiro atoms. The minimum absolute atomic E-state index is 0.195. The van der Waals surface area contributed by atoms with Gasteiger partial charge in [0, 0.05) is 5.38 Å². The van der Waals surface area contributed by atoms with Crippen LogP contribution in [-0.2, 0) is 0 Å². The highest BCUT2D eigenvalue weighted by molar-refractivity contribution is 7.14. The van der Waals surface area contributed by atoms with Crippen LogP contribution in [-0.4, -0.2) is 26.6 Å². The van der Waals surface area contributed by atoms with E-state index in [9.17, 15) is 5.11 Å². The first-order valence-electron chi connectivity index (χ1n) is 7.17. The van der Waals surface area contributed by atoms with Crippen molar-refractivity contribution in [3.05, 3.63) is 41.3 Å². The summed E-state index contributed by atoms with van der Waals surface area (Å²) in [6, 6.07) is 10.1. The van der Waals surface area contributed by atoms with Crippen LogP contribution in [0.1, 0.15) is 24.8 Å². The normalized spacial score (nSPS) is 13.7. The molecule has 23 heavy (non-hydrogen) atoms. The third kappa shape index (κ3) is 3.66. The summed E-state index contributed by atoms with van der Waals surface area (Å²) in [5.41, 5.74) is 7.80. The number of aliphatic hydroxyl groups is 1. The third-order valence-electron chi connectivity index (χ3n) is 3.50. The van der Waals surface area contributed by atoms with E-state index in [1.54, 1.807) is 5.38 Å². The van der Waals surface area contributed by atoms with E-state index in [0.29, 0.717) is 22.9 Å². The molecule has 0 radical (unpaired) electrons. The SMILES string of the molecule is CC(CC(O)Nc1nc(-c2nonc2N)cs1)c1ccccc1. The van der Waals surface area contributed by atoms with E-state index in [0.717, 1.165) is 0 Å². The summed E-state index contributed by atoms with van der Waals surface area (Å²) in [6.07, 6.45) is -0.121. The highest BCUT2D eigenvalue weighted by Gasteiger charge is 2.16. The van der Waals surface area contributed by atoms with Gasteiger partial charge in [-0.25, -0.2) is 9.61 Å². The van der Waals surface area contributed by atoms with Gasteiger partial charge in [0.05, 0.1) is 0 Å². The van der Waals surface area contributed by atoms with E-state index in [2.05, 4.69) is 44.3 Å². The van der Waals surface area contributed by atoms with Crippen molar-refractivity contribution in [1.82, 2.24) is 15.3 Å². The molecule has 0 aliphatic rings. The Bertz CT molecular complexity index is 758. The average molecular weight is 331 g/mol. The Hall–Kier alpha value is -2.45. The zero-order valence-corrected chi connectivity index (χ0v) is 13.3. The molecule has 0 amide bonds. The number of nitrogens with one attached hydrogen (secondary N) is 1. The number of thiazole rings is 1. The van der Waals surface area contributed by atoms with Gasteiger partial charge in [0.2, 0.25) is 0 Å². The van der Waals surface area contributed by atoms with Gasteiger partial charge in [0.1, 0.15) is 11.9 Å². The maximum Gasteiger partial charge on any atom is 0.198 e. The summed E-state index contributed by atoms with van der Waals surface area (Å²) >= 11 is 1.36. The van der Waals surface area contributed by atoms with Crippen molar-refractivity contribution < 1.29 is 9.74 Å². The first-order valence-corrected chi connectivity index (χ1v) is 8.05. The Morgan fingerprint density at radius 2 is 2.09 bits per heavy atom. The summed E-state index contributed by atoms with van der Waals surface area (Å²) < 4.78 is 4.56. The fraction of sp³-hybridized carbons (Fsp3) is 0.267. The Kier molecular flexibility index (Phi) is 4.54. The van der Waals surface area contributed by atoms with Crippen LogP contribution in [0.25, 0.3) is 11.4 Å². The quantitative estimate of drug-likeness (QED) is 0.596. The molecule has 7 nitrogen and oxygen atoms in total. The molecule has 2 atom stereocenters. The van der Waals surface area contributed by atoms with Gasteiger partial charge >= 0.3 is 0 Å². The second-order valence-electron chi connectivity index (χ2n) is 5.24. The van der Waals surface area contributed by atoms with Crippen molar-refractivity contribution in [1.29, 1.82) is 0 Å². The fourth-order valence-corrected chi connectivity index (χ4v) is 3.02. The number of rotatable bonds is 6. The minimum Gasteiger partial charge on any atom is -0.379 e. The van der Waals surface area contributed by atoms with Crippen molar-refractivity contribution in [3.63, 3.8) is 0 Å². The third-order valence-corrected chi connectivity index (χ3v) is 4.27. The fourth-order valence-electron chi connectivity index (χ4n) is 2.28. The summed E-state index contributed by atoms with van der Waals surface area (Å²) in [4.78, 5) is 4.34. The van der Waals surface area contributed by atoms with Crippen LogP contribution in [0.2, 0.25) is 0 Å². The summed E-state index contributed by atoms with van der Waals surface area (Å²) in [5.74, 6) is 0.425. The Morgan fingerprint density at radius 3 is 2.78 bits per heavy atom. The van der Waals surface area contributed by atoms with Gasteiger partial charge in [-0.15, -0.1) is 11.3 Å². The van der Waals surface area contributed by atoms with E-state index in [4.69, 9.17) is 5.73 Å². The smallest absolute Gasteiger partial charge is 0.198 e. The van der Waals surface area contributed by atoms with Gasteiger partial charge in [0.15, 0.2) is 16.6 Å². The van der Waals surface area contributed by atoms with Crippen molar-refractivity contribution in [2.24, 2.45) is 0 Å². The molecule has 2 heterocycles. The monoisotopic (exact) mass is 331 g/mol. The molecule has 0 bridgehead atoms. The van der Waals surface area contributed by atoms with Crippen molar-refractivity contribution >= 4 is 22.3 Å². The molecule has 3 rings (SSSR count). The van der Waals surface area contributed by atoms with Gasteiger partial charge < -0.3 is 16.2 Å².